The van der Waals surface area contributed by atoms with Crippen LogP contribution in [0.5, 0.6) is 17.2 Å². The van der Waals surface area contributed by atoms with Crippen LogP contribution in [-0.4, -0.2) is 80.1 Å². The van der Waals surface area contributed by atoms with Crippen LogP contribution in [0.1, 0.15) is 12.0 Å². The van der Waals surface area contributed by atoms with Crippen molar-refractivity contribution in [3.05, 3.63) is 22.6 Å². The fraction of sp³-hybridized carbons (Fsp3) is 0.450. The van der Waals surface area contributed by atoms with Crippen LogP contribution < -0.4 is 14.2 Å². The minimum Gasteiger partial charge on any atom is -0.493 e. The molecule has 0 N–H and O–H groups in total. The maximum absolute atomic E-state index is 12.9. The summed E-state index contributed by atoms with van der Waals surface area (Å²) in [5, 5.41) is 0. The van der Waals surface area contributed by atoms with Crippen LogP contribution in [-0.2, 0) is 14.3 Å². The first-order chi connectivity index (χ1) is 14.5. The summed E-state index contributed by atoms with van der Waals surface area (Å²) >= 11 is 6.58. The number of carbonyl (C=O) groups excluding carboxylic acids is 2. The molecule has 162 valence electrons. The molecule has 2 fully saturated rings. The zero-order valence-corrected chi connectivity index (χ0v) is 18.8. The highest BCUT2D eigenvalue weighted by atomic mass is 32.2. The molecule has 3 rings (SSSR count). The average molecular weight is 453 g/mol. The lowest BCUT2D eigenvalue weighted by atomic mass is 10.1. The maximum Gasteiger partial charge on any atom is 0.266 e. The average Bonchev–Trinajstić information content (AvgIpc) is 3.04. The topological polar surface area (TPSA) is 77.5 Å². The highest BCUT2D eigenvalue weighted by Gasteiger charge is 2.32. The number of ether oxygens (including phenoxy) is 4. The smallest absolute Gasteiger partial charge is 0.266 e. The molecule has 2 aliphatic heterocycles. The Morgan fingerprint density at radius 1 is 1.17 bits per heavy atom. The molecule has 2 saturated heterocycles. The van der Waals surface area contributed by atoms with E-state index in [-0.39, 0.29) is 24.8 Å². The van der Waals surface area contributed by atoms with Gasteiger partial charge in [-0.3, -0.25) is 14.5 Å². The van der Waals surface area contributed by atoms with Crippen LogP contribution in [0.15, 0.2) is 17.0 Å². The van der Waals surface area contributed by atoms with Crippen molar-refractivity contribution in [3.63, 3.8) is 0 Å². The minimum absolute atomic E-state index is 0.000886. The van der Waals surface area contributed by atoms with Gasteiger partial charge in [0.2, 0.25) is 11.7 Å². The molecule has 1 aromatic rings. The Kier molecular flexibility index (Phi) is 7.57. The van der Waals surface area contributed by atoms with Crippen molar-refractivity contribution in [2.45, 2.75) is 6.42 Å². The van der Waals surface area contributed by atoms with E-state index in [1.807, 2.05) is 0 Å². The molecule has 0 aromatic heterocycles. The Balaban J connectivity index is 1.72. The summed E-state index contributed by atoms with van der Waals surface area (Å²) in [6, 6.07) is 3.52. The quantitative estimate of drug-likeness (QED) is 0.460. The molecule has 2 amide bonds. The first kappa shape index (κ1) is 22.4. The van der Waals surface area contributed by atoms with Crippen molar-refractivity contribution in [2.24, 2.45) is 0 Å². The van der Waals surface area contributed by atoms with E-state index in [1.165, 1.54) is 38.0 Å². The van der Waals surface area contributed by atoms with Gasteiger partial charge in [-0.1, -0.05) is 24.0 Å². The molecule has 2 heterocycles. The lowest BCUT2D eigenvalue weighted by Gasteiger charge is -2.27. The van der Waals surface area contributed by atoms with Gasteiger partial charge in [-0.2, -0.15) is 0 Å². The highest BCUT2D eigenvalue weighted by Crippen LogP contribution is 2.40. The maximum atomic E-state index is 12.9. The monoisotopic (exact) mass is 452 g/mol. The summed E-state index contributed by atoms with van der Waals surface area (Å²) in [6.07, 6.45) is 1.96. The van der Waals surface area contributed by atoms with Gasteiger partial charge in [0.25, 0.3) is 5.91 Å². The van der Waals surface area contributed by atoms with Gasteiger partial charge in [0.15, 0.2) is 11.5 Å². The van der Waals surface area contributed by atoms with Crippen molar-refractivity contribution in [1.82, 2.24) is 9.80 Å². The third-order valence-electron chi connectivity index (χ3n) is 4.77. The number of carbonyl (C=O) groups is 2. The molecule has 0 unspecified atom stereocenters. The summed E-state index contributed by atoms with van der Waals surface area (Å²) < 4.78 is 21.8. The van der Waals surface area contributed by atoms with E-state index in [4.69, 9.17) is 31.2 Å². The second kappa shape index (κ2) is 10.1. The number of thiocarbonyl (C=S) groups is 1. The van der Waals surface area contributed by atoms with Crippen LogP contribution in [0.4, 0.5) is 0 Å². The van der Waals surface area contributed by atoms with Crippen molar-refractivity contribution in [1.29, 1.82) is 0 Å². The van der Waals surface area contributed by atoms with Crippen LogP contribution >= 0.6 is 24.0 Å². The zero-order chi connectivity index (χ0) is 21.7. The number of thioether (sulfide) groups is 1. The van der Waals surface area contributed by atoms with E-state index in [0.29, 0.717) is 52.8 Å². The second-order valence-electron chi connectivity index (χ2n) is 6.54. The van der Waals surface area contributed by atoms with Gasteiger partial charge in [-0.15, -0.1) is 0 Å². The number of benzene rings is 1. The molecular weight excluding hydrogens is 428 g/mol. The predicted octanol–water partition coefficient (Wildman–Crippen LogP) is 2.16. The minimum atomic E-state index is -0.214. The third kappa shape index (κ3) is 4.88. The van der Waals surface area contributed by atoms with E-state index >= 15 is 0 Å². The molecule has 8 nitrogen and oxygen atoms in total. The van der Waals surface area contributed by atoms with Crippen molar-refractivity contribution >= 4 is 46.2 Å². The van der Waals surface area contributed by atoms with Gasteiger partial charge in [0, 0.05) is 26.1 Å². The van der Waals surface area contributed by atoms with Crippen molar-refractivity contribution in [3.8, 4) is 17.2 Å². The highest BCUT2D eigenvalue weighted by molar-refractivity contribution is 8.26. The van der Waals surface area contributed by atoms with Gasteiger partial charge >= 0.3 is 0 Å². The Morgan fingerprint density at radius 3 is 2.37 bits per heavy atom. The van der Waals surface area contributed by atoms with Gasteiger partial charge in [0.1, 0.15) is 4.32 Å². The van der Waals surface area contributed by atoms with Crippen molar-refractivity contribution in [2.75, 3.05) is 54.2 Å². The molecular formula is C20H24N2O6S2. The molecule has 1 aromatic carbocycles. The SMILES string of the molecule is COc1cc(/C=C2/SC(=S)N(CCC(=O)N3CCOCC3)C2=O)cc(OC)c1OC. The Morgan fingerprint density at radius 2 is 1.80 bits per heavy atom. The fourth-order valence-corrected chi connectivity index (χ4v) is 4.52. The summed E-state index contributed by atoms with van der Waals surface area (Å²) in [5.41, 5.74) is 0.717. The lowest BCUT2D eigenvalue weighted by Crippen LogP contribution is -2.42. The van der Waals surface area contributed by atoms with E-state index in [1.54, 1.807) is 23.1 Å². The van der Waals surface area contributed by atoms with E-state index in [2.05, 4.69) is 0 Å². The fourth-order valence-electron chi connectivity index (χ4n) is 3.21. The van der Waals surface area contributed by atoms with E-state index in [9.17, 15) is 9.59 Å². The molecule has 0 spiro atoms. The van der Waals surface area contributed by atoms with Gasteiger partial charge in [0.05, 0.1) is 39.4 Å². The molecule has 0 radical (unpaired) electrons. The van der Waals surface area contributed by atoms with Gasteiger partial charge < -0.3 is 23.8 Å². The summed E-state index contributed by atoms with van der Waals surface area (Å²) in [6.45, 7) is 2.51. The summed E-state index contributed by atoms with van der Waals surface area (Å²) in [5.74, 6) is 1.25. The number of rotatable bonds is 7. The van der Waals surface area contributed by atoms with Gasteiger partial charge in [-0.05, 0) is 23.8 Å². The van der Waals surface area contributed by atoms with Crippen molar-refractivity contribution < 1.29 is 28.5 Å². The number of hydrogen-bond acceptors (Lipinski definition) is 8. The van der Waals surface area contributed by atoms with Crippen LogP contribution in [0.25, 0.3) is 6.08 Å². The first-order valence-electron chi connectivity index (χ1n) is 9.39. The molecule has 0 saturated carbocycles. The number of methoxy groups -OCH3 is 3. The lowest BCUT2D eigenvalue weighted by molar-refractivity contribution is -0.135. The standard InChI is InChI=1S/C20H24N2O6S2/c1-25-14-10-13(11-15(26-2)18(14)27-3)12-16-19(24)22(20(29)30-16)5-4-17(23)21-6-8-28-9-7-21/h10-12H,4-9H2,1-3H3/b16-12+. The van der Waals surface area contributed by atoms with E-state index < -0.39 is 0 Å². The largest absolute Gasteiger partial charge is 0.493 e. The normalized spacial score (nSPS) is 18.2. The third-order valence-corrected chi connectivity index (χ3v) is 6.15. The Bertz CT molecular complexity index is 842. The van der Waals surface area contributed by atoms with Crippen LogP contribution in [0.2, 0.25) is 0 Å². The summed E-state index contributed by atoms with van der Waals surface area (Å²) in [4.78, 5) is 28.9. The Labute approximate surface area is 185 Å². The second-order valence-corrected chi connectivity index (χ2v) is 8.21. The van der Waals surface area contributed by atoms with E-state index in [0.717, 1.165) is 5.56 Å². The first-order valence-corrected chi connectivity index (χ1v) is 10.6. The molecule has 0 aliphatic carbocycles. The van der Waals surface area contributed by atoms with Crippen LogP contribution in [0.3, 0.4) is 0 Å². The molecule has 10 heteroatoms. The van der Waals surface area contributed by atoms with Gasteiger partial charge in [-0.25, -0.2) is 0 Å². The number of amides is 2. The number of nitrogens with zero attached hydrogens (tertiary/aromatic N) is 2. The van der Waals surface area contributed by atoms with Crippen LogP contribution in [0, 0.1) is 0 Å². The number of hydrogen-bond donors (Lipinski definition) is 0. The molecule has 0 bridgehead atoms. The summed E-state index contributed by atoms with van der Waals surface area (Å²) in [7, 11) is 4.60. The molecule has 2 aliphatic rings. The molecule has 30 heavy (non-hydrogen) atoms. The number of morpholine rings is 1. The zero-order valence-electron chi connectivity index (χ0n) is 17.1. The Hall–Kier alpha value is -2.30. The predicted molar refractivity (Wildman–Crippen MR) is 118 cm³/mol. The molecule has 0 atom stereocenters.